The maximum absolute atomic E-state index is 6.28. The van der Waals surface area contributed by atoms with E-state index in [2.05, 4.69) is 26.8 Å². The molecule has 2 atom stereocenters. The van der Waals surface area contributed by atoms with Gasteiger partial charge in [0.15, 0.2) is 0 Å². The highest BCUT2D eigenvalue weighted by Gasteiger charge is 2.35. The number of allylic oxidation sites excluding steroid dienone is 2. The Kier molecular flexibility index (Phi) is 2.81. The Morgan fingerprint density at radius 1 is 1.38 bits per heavy atom. The van der Waals surface area contributed by atoms with Gasteiger partial charge < -0.3 is 11.5 Å². The second kappa shape index (κ2) is 3.54. The fourth-order valence-corrected chi connectivity index (χ4v) is 2.01. The number of rotatable bonds is 2. The van der Waals surface area contributed by atoms with E-state index in [1.165, 1.54) is 5.57 Å². The lowest BCUT2D eigenvalue weighted by atomic mass is 9.73. The van der Waals surface area contributed by atoms with Crippen LogP contribution in [0.4, 0.5) is 0 Å². The van der Waals surface area contributed by atoms with Crippen LogP contribution in [0, 0.1) is 5.92 Å². The van der Waals surface area contributed by atoms with Crippen LogP contribution < -0.4 is 11.5 Å². The van der Waals surface area contributed by atoms with Gasteiger partial charge in [0.25, 0.3) is 0 Å². The van der Waals surface area contributed by atoms with E-state index in [-0.39, 0.29) is 5.54 Å². The van der Waals surface area contributed by atoms with E-state index in [1.54, 1.807) is 0 Å². The number of hydrogen-bond acceptors (Lipinski definition) is 2. The van der Waals surface area contributed by atoms with Crippen molar-refractivity contribution in [1.82, 2.24) is 0 Å². The first-order valence-corrected chi connectivity index (χ1v) is 5.01. The molecule has 2 nitrogen and oxygen atoms in total. The first-order valence-electron chi connectivity index (χ1n) is 5.01. The topological polar surface area (TPSA) is 52.0 Å². The van der Waals surface area contributed by atoms with Crippen LogP contribution >= 0.6 is 0 Å². The molecule has 0 saturated carbocycles. The van der Waals surface area contributed by atoms with Crippen LogP contribution in [0.2, 0.25) is 0 Å². The molecule has 2 unspecified atom stereocenters. The summed E-state index contributed by atoms with van der Waals surface area (Å²) in [6.07, 6.45) is 6.03. The Bertz CT molecular complexity index is 253. The molecular weight excluding hydrogens is 160 g/mol. The van der Waals surface area contributed by atoms with E-state index in [0.717, 1.165) is 18.5 Å². The molecule has 1 aliphatic carbocycles. The predicted octanol–water partition coefficient (Wildman–Crippen LogP) is 1.92. The first kappa shape index (κ1) is 10.3. The summed E-state index contributed by atoms with van der Waals surface area (Å²) in [6, 6.07) is 0. The maximum Gasteiger partial charge on any atom is 0.0616 e. The summed E-state index contributed by atoms with van der Waals surface area (Å²) in [5.74, 6) is 0.368. The molecule has 1 rings (SSSR count). The molecule has 13 heavy (non-hydrogen) atoms. The second-order valence-electron chi connectivity index (χ2n) is 3.83. The molecule has 0 amide bonds. The molecule has 0 aromatic carbocycles. The summed E-state index contributed by atoms with van der Waals surface area (Å²) in [5.41, 5.74) is 14.1. The number of nitrogens with two attached hydrogens (primary N) is 2. The van der Waals surface area contributed by atoms with Gasteiger partial charge in [-0.3, -0.25) is 0 Å². The maximum atomic E-state index is 6.28. The lowest BCUT2D eigenvalue weighted by Gasteiger charge is -2.39. The summed E-state index contributed by atoms with van der Waals surface area (Å²) >= 11 is 0. The van der Waals surface area contributed by atoms with Crippen molar-refractivity contribution in [3.8, 4) is 0 Å². The largest absolute Gasteiger partial charge is 0.401 e. The molecule has 0 saturated heterocycles. The summed E-state index contributed by atoms with van der Waals surface area (Å²) < 4.78 is 0. The van der Waals surface area contributed by atoms with E-state index < -0.39 is 0 Å². The minimum Gasteiger partial charge on any atom is -0.401 e. The zero-order valence-electron chi connectivity index (χ0n) is 8.80. The third-order valence-electron chi connectivity index (χ3n) is 3.34. The molecule has 0 spiro atoms. The quantitative estimate of drug-likeness (QED) is 0.682. The summed E-state index contributed by atoms with van der Waals surface area (Å²) in [7, 11) is 0. The summed E-state index contributed by atoms with van der Waals surface area (Å²) in [6.45, 7) is 6.42. The zero-order chi connectivity index (χ0) is 10.1. The van der Waals surface area contributed by atoms with Gasteiger partial charge in [0, 0.05) is 11.6 Å². The minimum absolute atomic E-state index is 0.319. The molecular formula is C11H20N2. The van der Waals surface area contributed by atoms with Crippen molar-refractivity contribution < 1.29 is 0 Å². The van der Waals surface area contributed by atoms with E-state index >= 15 is 0 Å². The molecule has 2 heteroatoms. The van der Waals surface area contributed by atoms with Gasteiger partial charge in [-0.25, -0.2) is 0 Å². The van der Waals surface area contributed by atoms with E-state index in [9.17, 15) is 0 Å². The van der Waals surface area contributed by atoms with Crippen LogP contribution in [-0.4, -0.2) is 5.54 Å². The molecule has 0 fully saturated rings. The van der Waals surface area contributed by atoms with Gasteiger partial charge in [0.05, 0.1) is 5.54 Å². The summed E-state index contributed by atoms with van der Waals surface area (Å²) in [5, 5.41) is 0. The fourth-order valence-electron chi connectivity index (χ4n) is 2.01. The van der Waals surface area contributed by atoms with Gasteiger partial charge in [-0.2, -0.15) is 0 Å². The normalized spacial score (nSPS) is 34.0. The number of hydrogen-bond donors (Lipinski definition) is 2. The van der Waals surface area contributed by atoms with Gasteiger partial charge in [0.2, 0.25) is 0 Å². The Labute approximate surface area is 80.7 Å². The van der Waals surface area contributed by atoms with Gasteiger partial charge in [-0.05, 0) is 18.9 Å². The second-order valence-corrected chi connectivity index (χ2v) is 3.83. The van der Waals surface area contributed by atoms with Crippen molar-refractivity contribution in [2.75, 3.05) is 0 Å². The van der Waals surface area contributed by atoms with Gasteiger partial charge in [-0.1, -0.05) is 32.4 Å². The van der Waals surface area contributed by atoms with Gasteiger partial charge in [-0.15, -0.1) is 0 Å². The van der Waals surface area contributed by atoms with Gasteiger partial charge >= 0.3 is 0 Å². The Morgan fingerprint density at radius 2 is 2.00 bits per heavy atom. The van der Waals surface area contributed by atoms with Crippen molar-refractivity contribution in [3.63, 3.8) is 0 Å². The van der Waals surface area contributed by atoms with E-state index in [1.807, 2.05) is 6.08 Å². The van der Waals surface area contributed by atoms with E-state index in [4.69, 9.17) is 11.5 Å². The molecule has 0 aromatic rings. The van der Waals surface area contributed by atoms with Crippen LogP contribution in [-0.2, 0) is 0 Å². The summed E-state index contributed by atoms with van der Waals surface area (Å²) in [4.78, 5) is 0. The highest BCUT2D eigenvalue weighted by Crippen LogP contribution is 2.34. The standard InChI is InChI=1S/C11H20N2/c1-4-9-6-7-10(12)11(13,5-2)8(9)3/h6-8H,4-5,12-13H2,1-3H3. The first-order chi connectivity index (χ1) is 6.06. The molecule has 0 heterocycles. The Morgan fingerprint density at radius 3 is 2.46 bits per heavy atom. The van der Waals surface area contributed by atoms with Crippen molar-refractivity contribution in [3.05, 3.63) is 23.4 Å². The minimum atomic E-state index is -0.319. The third kappa shape index (κ3) is 1.51. The van der Waals surface area contributed by atoms with Gasteiger partial charge in [0.1, 0.15) is 0 Å². The highest BCUT2D eigenvalue weighted by molar-refractivity contribution is 5.34. The van der Waals surface area contributed by atoms with Crippen LogP contribution in [0.25, 0.3) is 0 Å². The molecule has 4 N–H and O–H groups in total. The van der Waals surface area contributed by atoms with Crippen LogP contribution in [0.1, 0.15) is 33.6 Å². The van der Waals surface area contributed by atoms with Crippen LogP contribution in [0.3, 0.4) is 0 Å². The Hall–Kier alpha value is -0.760. The van der Waals surface area contributed by atoms with Crippen molar-refractivity contribution in [2.24, 2.45) is 17.4 Å². The van der Waals surface area contributed by atoms with Crippen molar-refractivity contribution >= 4 is 0 Å². The van der Waals surface area contributed by atoms with Crippen molar-refractivity contribution in [2.45, 2.75) is 39.2 Å². The molecule has 0 bridgehead atoms. The molecule has 0 aliphatic heterocycles. The monoisotopic (exact) mass is 180 g/mol. The zero-order valence-corrected chi connectivity index (χ0v) is 8.80. The van der Waals surface area contributed by atoms with Crippen molar-refractivity contribution in [1.29, 1.82) is 0 Å². The highest BCUT2D eigenvalue weighted by atomic mass is 14.8. The fraction of sp³-hybridized carbons (Fsp3) is 0.636. The average molecular weight is 180 g/mol. The lowest BCUT2D eigenvalue weighted by molar-refractivity contribution is 0.355. The van der Waals surface area contributed by atoms with E-state index in [0.29, 0.717) is 5.92 Å². The smallest absolute Gasteiger partial charge is 0.0616 e. The predicted molar refractivity (Wildman–Crippen MR) is 57.0 cm³/mol. The SMILES string of the molecule is CCC1=CC=C(N)C(N)(CC)C1C. The van der Waals surface area contributed by atoms with Crippen LogP contribution in [0.5, 0.6) is 0 Å². The molecule has 1 aliphatic rings. The molecule has 0 aromatic heterocycles. The molecule has 0 radical (unpaired) electrons. The van der Waals surface area contributed by atoms with Crippen LogP contribution in [0.15, 0.2) is 23.4 Å². The third-order valence-corrected chi connectivity index (χ3v) is 3.34. The average Bonchev–Trinajstić information content (AvgIpc) is 2.15. The lowest BCUT2D eigenvalue weighted by Crippen LogP contribution is -2.51. The molecule has 74 valence electrons. The Balaban J connectivity index is 3.03.